The number of carboxylic acid groups (broad SMARTS) is 1. The fraction of sp³-hybridized carbons (Fsp3) is 0.308. The van der Waals surface area contributed by atoms with Crippen LogP contribution in [-0.4, -0.2) is 80.5 Å². The van der Waals surface area contributed by atoms with Crippen molar-refractivity contribution >= 4 is 47.2 Å². The van der Waals surface area contributed by atoms with Gasteiger partial charge in [-0.05, 0) is 35.7 Å². The first-order valence-corrected chi connectivity index (χ1v) is 12.7. The summed E-state index contributed by atoms with van der Waals surface area (Å²) >= 11 is 4.07. The summed E-state index contributed by atoms with van der Waals surface area (Å²) in [7, 11) is 0. The zero-order valence-corrected chi connectivity index (χ0v) is 21.7. The van der Waals surface area contributed by atoms with E-state index in [-0.39, 0.29) is 24.3 Å². The minimum absolute atomic E-state index is 0.0111. The van der Waals surface area contributed by atoms with Crippen LogP contribution in [-0.2, 0) is 32.0 Å². The van der Waals surface area contributed by atoms with Crippen LogP contribution in [0.25, 0.3) is 10.9 Å². The molecule has 0 spiro atoms. The number of para-hydroxylation sites is 1. The molecule has 0 saturated heterocycles. The number of carbonyl (C=O) groups is 4. The summed E-state index contributed by atoms with van der Waals surface area (Å²) < 4.78 is 0. The summed E-state index contributed by atoms with van der Waals surface area (Å²) in [5.74, 6) is -3.84. The second-order valence-electron chi connectivity index (χ2n) is 8.93. The lowest BCUT2D eigenvalue weighted by atomic mass is 10.0. The Kier molecular flexibility index (Phi) is 10.3. The number of hydrogen-bond donors (Lipinski definition) is 9. The average molecular weight is 558 g/mol. The van der Waals surface area contributed by atoms with Gasteiger partial charge in [0.25, 0.3) is 0 Å². The van der Waals surface area contributed by atoms with Gasteiger partial charge in [0.2, 0.25) is 17.7 Å². The molecule has 4 unspecified atom stereocenters. The maximum atomic E-state index is 12.8. The lowest BCUT2D eigenvalue weighted by Crippen LogP contribution is -2.58. The molecule has 0 aliphatic rings. The predicted octanol–water partition coefficient (Wildman–Crippen LogP) is -0.553. The Hall–Kier alpha value is -4.07. The van der Waals surface area contributed by atoms with Crippen molar-refractivity contribution < 1.29 is 34.5 Å². The number of phenols is 1. The van der Waals surface area contributed by atoms with E-state index in [1.54, 1.807) is 6.20 Å². The van der Waals surface area contributed by atoms with Crippen LogP contribution in [0.1, 0.15) is 11.1 Å². The number of H-pyrrole nitrogens is 1. The zero-order valence-electron chi connectivity index (χ0n) is 20.8. The van der Waals surface area contributed by atoms with E-state index in [0.717, 1.165) is 16.5 Å². The number of nitrogens with two attached hydrogens (primary N) is 1. The molecule has 13 heteroatoms. The van der Waals surface area contributed by atoms with Crippen LogP contribution in [0.5, 0.6) is 5.75 Å². The van der Waals surface area contributed by atoms with E-state index >= 15 is 0 Å². The Morgan fingerprint density at radius 2 is 1.49 bits per heavy atom. The van der Waals surface area contributed by atoms with E-state index in [2.05, 4.69) is 33.6 Å². The maximum Gasteiger partial charge on any atom is 0.326 e. The van der Waals surface area contributed by atoms with Crippen molar-refractivity contribution in [3.63, 3.8) is 0 Å². The van der Waals surface area contributed by atoms with Gasteiger partial charge in [-0.25, -0.2) is 4.79 Å². The number of aromatic amines is 1. The number of fused-ring (bicyclic) bond motifs is 1. The second-order valence-corrected chi connectivity index (χ2v) is 9.29. The van der Waals surface area contributed by atoms with Gasteiger partial charge in [-0.15, -0.1) is 0 Å². The first-order chi connectivity index (χ1) is 18.6. The molecule has 208 valence electrons. The second kappa shape index (κ2) is 13.6. The molecule has 0 saturated carbocycles. The summed E-state index contributed by atoms with van der Waals surface area (Å²) in [5.41, 5.74) is 8.30. The SMILES string of the molecule is NC(Cc1c[nH]c2ccccc12)C(=O)NC(CO)C(=O)NC(CS)C(=O)NC(Cc1ccc(O)cc1)C(=O)O. The molecular weight excluding hydrogens is 526 g/mol. The highest BCUT2D eigenvalue weighted by Crippen LogP contribution is 2.18. The van der Waals surface area contributed by atoms with Crippen LogP contribution in [0.2, 0.25) is 0 Å². The molecular formula is C26H31N5O7S. The van der Waals surface area contributed by atoms with Crippen molar-refractivity contribution in [2.24, 2.45) is 5.73 Å². The zero-order chi connectivity index (χ0) is 28.5. The van der Waals surface area contributed by atoms with Gasteiger partial charge in [0, 0.05) is 29.3 Å². The first kappa shape index (κ1) is 29.5. The number of rotatable bonds is 13. The Labute approximate surface area is 229 Å². The van der Waals surface area contributed by atoms with Crippen molar-refractivity contribution in [3.8, 4) is 5.75 Å². The van der Waals surface area contributed by atoms with Gasteiger partial charge in [-0.1, -0.05) is 30.3 Å². The van der Waals surface area contributed by atoms with Crippen molar-refractivity contribution in [3.05, 3.63) is 65.9 Å². The van der Waals surface area contributed by atoms with Crippen LogP contribution < -0.4 is 21.7 Å². The Balaban J connectivity index is 1.58. The normalized spacial score (nSPS) is 14.1. The van der Waals surface area contributed by atoms with Gasteiger partial charge in [0.15, 0.2) is 0 Å². The van der Waals surface area contributed by atoms with Crippen LogP contribution >= 0.6 is 12.6 Å². The number of aromatic nitrogens is 1. The van der Waals surface area contributed by atoms with Gasteiger partial charge < -0.3 is 42.0 Å². The van der Waals surface area contributed by atoms with Gasteiger partial charge in [-0.2, -0.15) is 12.6 Å². The minimum Gasteiger partial charge on any atom is -0.508 e. The van der Waals surface area contributed by atoms with E-state index in [1.165, 1.54) is 24.3 Å². The molecule has 1 heterocycles. The number of hydrogen-bond acceptors (Lipinski definition) is 8. The van der Waals surface area contributed by atoms with Crippen molar-refractivity contribution in [1.29, 1.82) is 0 Å². The maximum absolute atomic E-state index is 12.8. The molecule has 1 aromatic heterocycles. The summed E-state index contributed by atoms with van der Waals surface area (Å²) in [5, 5.41) is 36.7. The number of phenolic OH excluding ortho intramolecular Hbond substituents is 1. The van der Waals surface area contributed by atoms with Crippen molar-refractivity contribution in [2.45, 2.75) is 37.0 Å². The van der Waals surface area contributed by atoms with E-state index in [1.807, 2.05) is 24.3 Å². The lowest BCUT2D eigenvalue weighted by Gasteiger charge is -2.23. The standard InChI is InChI=1S/C26H31N5O7S/c27-18(10-15-11-28-19-4-2-1-3-17(15)19)23(34)30-21(12-32)24(35)31-22(13-39)25(36)29-20(26(37)38)9-14-5-7-16(33)8-6-14/h1-8,11,18,20-22,28,32-33,39H,9-10,12-13,27H2,(H,29,36)(H,30,34)(H,31,35)(H,37,38). The minimum atomic E-state index is -1.41. The van der Waals surface area contributed by atoms with Gasteiger partial charge in [0.05, 0.1) is 12.6 Å². The quantitative estimate of drug-likeness (QED) is 0.124. The molecule has 12 nitrogen and oxygen atoms in total. The summed E-state index contributed by atoms with van der Waals surface area (Å²) in [4.78, 5) is 53.0. The molecule has 3 aromatic rings. The monoisotopic (exact) mass is 557 g/mol. The smallest absolute Gasteiger partial charge is 0.326 e. The summed E-state index contributed by atoms with van der Waals surface area (Å²) in [6.07, 6.45) is 1.85. The van der Waals surface area contributed by atoms with Crippen LogP contribution in [0.15, 0.2) is 54.7 Å². The highest BCUT2D eigenvalue weighted by molar-refractivity contribution is 7.80. The van der Waals surface area contributed by atoms with E-state index in [9.17, 15) is 34.5 Å². The third-order valence-corrected chi connectivity index (χ3v) is 6.44. The Morgan fingerprint density at radius 1 is 0.872 bits per heavy atom. The predicted molar refractivity (Wildman–Crippen MR) is 146 cm³/mol. The molecule has 4 atom stereocenters. The van der Waals surface area contributed by atoms with Crippen LogP contribution in [0, 0.1) is 0 Å². The topological polar surface area (TPSA) is 207 Å². The number of aromatic hydroxyl groups is 1. The van der Waals surface area contributed by atoms with E-state index in [4.69, 9.17) is 5.73 Å². The van der Waals surface area contributed by atoms with Crippen LogP contribution in [0.3, 0.4) is 0 Å². The molecule has 3 amide bonds. The number of aliphatic hydroxyl groups is 1. The molecule has 0 aliphatic carbocycles. The molecule has 2 aromatic carbocycles. The Bertz CT molecular complexity index is 1310. The Morgan fingerprint density at radius 3 is 2.13 bits per heavy atom. The molecule has 0 radical (unpaired) electrons. The van der Waals surface area contributed by atoms with E-state index in [0.29, 0.717) is 5.56 Å². The lowest BCUT2D eigenvalue weighted by molar-refractivity contribution is -0.142. The molecule has 0 fully saturated rings. The fourth-order valence-electron chi connectivity index (χ4n) is 3.91. The van der Waals surface area contributed by atoms with Gasteiger partial charge in [0.1, 0.15) is 23.9 Å². The highest BCUT2D eigenvalue weighted by atomic mass is 32.1. The van der Waals surface area contributed by atoms with Crippen molar-refractivity contribution in [1.82, 2.24) is 20.9 Å². The summed E-state index contributed by atoms with van der Waals surface area (Å²) in [6.45, 7) is -0.767. The first-order valence-electron chi connectivity index (χ1n) is 12.1. The van der Waals surface area contributed by atoms with Crippen molar-refractivity contribution in [2.75, 3.05) is 12.4 Å². The number of aliphatic hydroxyl groups excluding tert-OH is 1. The number of amides is 3. The van der Waals surface area contributed by atoms with Gasteiger partial charge in [-0.3, -0.25) is 14.4 Å². The fourth-order valence-corrected chi connectivity index (χ4v) is 4.17. The molecule has 39 heavy (non-hydrogen) atoms. The van der Waals surface area contributed by atoms with Gasteiger partial charge >= 0.3 is 5.97 Å². The van der Waals surface area contributed by atoms with E-state index < -0.39 is 54.5 Å². The molecule has 9 N–H and O–H groups in total. The van der Waals surface area contributed by atoms with Crippen LogP contribution in [0.4, 0.5) is 0 Å². The number of carbonyl (C=O) groups excluding carboxylic acids is 3. The molecule has 3 rings (SSSR count). The number of carboxylic acids is 1. The number of thiol groups is 1. The average Bonchev–Trinajstić information content (AvgIpc) is 3.33. The largest absolute Gasteiger partial charge is 0.508 e. The number of nitrogens with one attached hydrogen (secondary N) is 4. The number of benzene rings is 2. The summed E-state index contributed by atoms with van der Waals surface area (Å²) in [6, 6.07) is 8.32. The third-order valence-electron chi connectivity index (χ3n) is 6.07. The third kappa shape index (κ3) is 7.96. The molecule has 0 bridgehead atoms. The molecule has 0 aliphatic heterocycles. The highest BCUT2D eigenvalue weighted by Gasteiger charge is 2.30. The number of aliphatic carboxylic acids is 1.